The molecule has 0 radical (unpaired) electrons. The molecule has 0 saturated heterocycles. The molecule has 0 fully saturated rings. The van der Waals surface area contributed by atoms with Crippen molar-refractivity contribution < 1.29 is 0 Å². The van der Waals surface area contributed by atoms with Gasteiger partial charge in [-0.1, -0.05) is 36.4 Å². The second-order valence-electron chi connectivity index (χ2n) is 8.48. The van der Waals surface area contributed by atoms with Crippen molar-refractivity contribution in [3.05, 3.63) is 95.4 Å². The van der Waals surface area contributed by atoms with Crippen LogP contribution in [-0.4, -0.2) is 19.4 Å². The fourth-order valence-corrected chi connectivity index (χ4v) is 5.65. The molecule has 8 rings (SSSR count). The summed E-state index contributed by atoms with van der Waals surface area (Å²) in [5, 5.41) is 2.14. The number of imidazole rings is 1. The Labute approximate surface area is 177 Å². The average molecular weight is 396 g/mol. The van der Waals surface area contributed by atoms with E-state index in [0.717, 1.165) is 46.1 Å². The highest BCUT2D eigenvalue weighted by Gasteiger charge is 2.32. The van der Waals surface area contributed by atoms with Gasteiger partial charge in [0.05, 0.1) is 16.9 Å². The minimum absolute atomic E-state index is 0.874. The zero-order valence-corrected chi connectivity index (χ0v) is 16.6. The Morgan fingerprint density at radius 3 is 2.32 bits per heavy atom. The van der Waals surface area contributed by atoms with Crippen LogP contribution < -0.4 is 0 Å². The lowest BCUT2D eigenvalue weighted by atomic mass is 9.96. The first kappa shape index (κ1) is 15.7. The molecule has 4 heterocycles. The number of nitrogens with zero attached hydrogens (tertiary/aromatic N) is 4. The summed E-state index contributed by atoms with van der Waals surface area (Å²) in [6.07, 6.45) is 5.58. The van der Waals surface area contributed by atoms with E-state index in [2.05, 4.69) is 57.9 Å². The lowest BCUT2D eigenvalue weighted by Gasteiger charge is -2.09. The van der Waals surface area contributed by atoms with Crippen molar-refractivity contribution in [1.82, 2.24) is 19.4 Å². The van der Waals surface area contributed by atoms with E-state index in [4.69, 9.17) is 9.97 Å². The second-order valence-corrected chi connectivity index (χ2v) is 8.48. The van der Waals surface area contributed by atoms with Gasteiger partial charge in [0.2, 0.25) is 0 Å². The largest absolute Gasteiger partial charge is 0.279 e. The maximum atomic E-state index is 5.25. The third kappa shape index (κ3) is 1.84. The fourth-order valence-electron chi connectivity index (χ4n) is 5.65. The molecule has 144 valence electrons. The molecule has 4 nitrogen and oxygen atoms in total. The molecule has 2 aliphatic rings. The Morgan fingerprint density at radius 2 is 1.42 bits per heavy atom. The van der Waals surface area contributed by atoms with Crippen molar-refractivity contribution in [1.29, 1.82) is 0 Å². The van der Waals surface area contributed by atoms with Crippen molar-refractivity contribution in [2.45, 2.75) is 12.8 Å². The van der Waals surface area contributed by atoms with Crippen LogP contribution >= 0.6 is 0 Å². The molecule has 31 heavy (non-hydrogen) atoms. The zero-order chi connectivity index (χ0) is 20.1. The van der Waals surface area contributed by atoms with Gasteiger partial charge < -0.3 is 0 Å². The number of fused-ring (bicyclic) bond motifs is 14. The summed E-state index contributed by atoms with van der Waals surface area (Å²) >= 11 is 0. The standard InChI is InChI=1S/C27H16N4/c1-2-6-18-15(5-1)13-16-9-10-17-14-21-25(23(17)22(16)18)30-27-20-8-3-11-28-24(20)19-7-4-12-29-26(19)31(21)27/h1-12H,13-14H2. The summed E-state index contributed by atoms with van der Waals surface area (Å²) < 4.78 is 2.27. The summed E-state index contributed by atoms with van der Waals surface area (Å²) in [7, 11) is 0. The minimum atomic E-state index is 0.874. The summed E-state index contributed by atoms with van der Waals surface area (Å²) in [4.78, 5) is 14.7. The second kappa shape index (κ2) is 5.35. The number of aromatic nitrogens is 4. The van der Waals surface area contributed by atoms with E-state index in [9.17, 15) is 0 Å². The molecule has 2 aromatic carbocycles. The molecule has 2 aliphatic carbocycles. The summed E-state index contributed by atoms with van der Waals surface area (Å²) in [6, 6.07) is 21.6. The molecule has 0 N–H and O–H groups in total. The van der Waals surface area contributed by atoms with Crippen LogP contribution in [0.3, 0.4) is 0 Å². The number of hydrogen-bond acceptors (Lipinski definition) is 3. The lowest BCUT2D eigenvalue weighted by Crippen LogP contribution is -1.98. The molecule has 0 saturated carbocycles. The van der Waals surface area contributed by atoms with Crippen molar-refractivity contribution in [3.8, 4) is 22.4 Å². The topological polar surface area (TPSA) is 43.1 Å². The summed E-state index contributed by atoms with van der Waals surface area (Å²) in [5.41, 5.74) is 13.4. The van der Waals surface area contributed by atoms with Gasteiger partial charge in [0.15, 0.2) is 0 Å². The Morgan fingerprint density at radius 1 is 0.645 bits per heavy atom. The minimum Gasteiger partial charge on any atom is -0.279 e. The van der Waals surface area contributed by atoms with Gasteiger partial charge in [0.1, 0.15) is 11.3 Å². The third-order valence-corrected chi connectivity index (χ3v) is 6.92. The smallest absolute Gasteiger partial charge is 0.148 e. The van der Waals surface area contributed by atoms with E-state index in [1.807, 2.05) is 24.5 Å². The lowest BCUT2D eigenvalue weighted by molar-refractivity contribution is 1.07. The van der Waals surface area contributed by atoms with Crippen LogP contribution in [-0.2, 0) is 12.8 Å². The molecule has 0 atom stereocenters. The quantitative estimate of drug-likeness (QED) is 0.315. The van der Waals surface area contributed by atoms with Crippen LogP contribution in [0.4, 0.5) is 0 Å². The molecular formula is C27H16N4. The number of pyridine rings is 3. The van der Waals surface area contributed by atoms with Gasteiger partial charge in [-0.25, -0.2) is 9.97 Å². The molecule has 6 aromatic rings. The van der Waals surface area contributed by atoms with E-state index >= 15 is 0 Å². The Balaban J connectivity index is 1.55. The van der Waals surface area contributed by atoms with E-state index < -0.39 is 0 Å². The predicted molar refractivity (Wildman–Crippen MR) is 122 cm³/mol. The van der Waals surface area contributed by atoms with Crippen LogP contribution in [0.5, 0.6) is 0 Å². The number of rotatable bonds is 0. The molecule has 4 heteroatoms. The molecule has 0 amide bonds. The van der Waals surface area contributed by atoms with Crippen molar-refractivity contribution in [2.24, 2.45) is 0 Å². The Hall–Kier alpha value is -4.05. The molecule has 0 bridgehead atoms. The summed E-state index contributed by atoms with van der Waals surface area (Å²) in [5.74, 6) is 0. The van der Waals surface area contributed by atoms with E-state index in [1.54, 1.807) is 0 Å². The molecule has 4 aromatic heterocycles. The zero-order valence-electron chi connectivity index (χ0n) is 16.6. The first-order chi connectivity index (χ1) is 15.4. The van der Waals surface area contributed by atoms with Crippen LogP contribution in [0.2, 0.25) is 0 Å². The van der Waals surface area contributed by atoms with Crippen molar-refractivity contribution in [3.63, 3.8) is 0 Å². The van der Waals surface area contributed by atoms with Crippen LogP contribution in [0, 0.1) is 0 Å². The predicted octanol–water partition coefficient (Wildman–Crippen LogP) is 5.57. The van der Waals surface area contributed by atoms with Gasteiger partial charge in [-0.2, -0.15) is 0 Å². The maximum Gasteiger partial charge on any atom is 0.148 e. The van der Waals surface area contributed by atoms with Crippen molar-refractivity contribution >= 4 is 27.6 Å². The Kier molecular flexibility index (Phi) is 2.72. The van der Waals surface area contributed by atoms with E-state index in [1.165, 1.54) is 39.1 Å². The van der Waals surface area contributed by atoms with Gasteiger partial charge in [-0.15, -0.1) is 0 Å². The normalized spacial score (nSPS) is 13.5. The SMILES string of the molecule is c1ccc2c(c1)Cc1ccc3c(c1-2)-c1nc2c4cccnc4c4cccnc4n2c1C3. The van der Waals surface area contributed by atoms with Crippen LogP contribution in [0.25, 0.3) is 50.0 Å². The first-order valence-electron chi connectivity index (χ1n) is 10.6. The summed E-state index contributed by atoms with van der Waals surface area (Å²) in [6.45, 7) is 0. The van der Waals surface area contributed by atoms with Crippen LogP contribution in [0.15, 0.2) is 73.1 Å². The molecular weight excluding hydrogens is 380 g/mol. The molecule has 0 spiro atoms. The monoisotopic (exact) mass is 396 g/mol. The Bertz CT molecular complexity index is 1740. The third-order valence-electron chi connectivity index (χ3n) is 6.92. The van der Waals surface area contributed by atoms with Gasteiger partial charge in [-0.3, -0.25) is 9.38 Å². The van der Waals surface area contributed by atoms with Crippen molar-refractivity contribution in [2.75, 3.05) is 0 Å². The fraction of sp³-hybridized carbons (Fsp3) is 0.0741. The highest BCUT2D eigenvalue weighted by Crippen LogP contribution is 2.49. The van der Waals surface area contributed by atoms with Gasteiger partial charge in [0.25, 0.3) is 0 Å². The van der Waals surface area contributed by atoms with Gasteiger partial charge in [-0.05, 0) is 58.5 Å². The first-order valence-corrected chi connectivity index (χ1v) is 10.6. The highest BCUT2D eigenvalue weighted by molar-refractivity contribution is 6.09. The average Bonchev–Trinajstić information content (AvgIpc) is 3.48. The van der Waals surface area contributed by atoms with Gasteiger partial charge in [0, 0.05) is 35.2 Å². The van der Waals surface area contributed by atoms with Crippen LogP contribution in [0.1, 0.15) is 22.4 Å². The number of hydrogen-bond donors (Lipinski definition) is 0. The molecule has 0 unspecified atom stereocenters. The van der Waals surface area contributed by atoms with E-state index in [0.29, 0.717) is 0 Å². The number of benzene rings is 2. The maximum absolute atomic E-state index is 5.25. The molecule has 0 aliphatic heterocycles. The van der Waals surface area contributed by atoms with E-state index in [-0.39, 0.29) is 0 Å². The van der Waals surface area contributed by atoms with Gasteiger partial charge >= 0.3 is 0 Å². The highest BCUT2D eigenvalue weighted by atomic mass is 15.1.